The van der Waals surface area contributed by atoms with Gasteiger partial charge in [0.05, 0.1) is 5.56 Å². The highest BCUT2D eigenvalue weighted by Crippen LogP contribution is 2.21. The van der Waals surface area contributed by atoms with Crippen molar-refractivity contribution in [2.75, 3.05) is 12.4 Å². The van der Waals surface area contributed by atoms with Crippen LogP contribution in [0.15, 0.2) is 18.5 Å². The number of aromatic nitrogens is 1. The maximum Gasteiger partial charge on any atom is 0.255 e. The highest BCUT2D eigenvalue weighted by Gasteiger charge is 2.27. The Morgan fingerprint density at radius 2 is 1.89 bits per heavy atom. The number of nitrogens with zero attached hydrogens (tertiary/aromatic N) is 1. The molecule has 4 nitrogen and oxygen atoms in total. The highest BCUT2D eigenvalue weighted by atomic mass is 16.1. The van der Waals surface area contributed by atoms with Crippen LogP contribution in [0.3, 0.4) is 0 Å². The monoisotopic (exact) mass is 249 g/mol. The van der Waals surface area contributed by atoms with E-state index in [1.165, 1.54) is 0 Å². The van der Waals surface area contributed by atoms with Crippen molar-refractivity contribution in [2.24, 2.45) is 0 Å². The van der Waals surface area contributed by atoms with E-state index < -0.39 is 0 Å². The molecule has 1 aromatic rings. The van der Waals surface area contributed by atoms with Gasteiger partial charge in [-0.15, -0.1) is 0 Å². The third kappa shape index (κ3) is 3.00. The number of amides is 1. The molecule has 1 amide bonds. The third-order valence-corrected chi connectivity index (χ3v) is 3.74. The standard InChI is InChI=1S/C14H23N3O/c1-5-14(6-2,7-3)17-13(18)11-10-16-9-8-12(11)15-4/h8-10H,5-7H2,1-4H3,(H,15,16)(H,17,18). The molecule has 0 aliphatic heterocycles. The van der Waals surface area contributed by atoms with Crippen molar-refractivity contribution >= 4 is 11.6 Å². The number of carbonyl (C=O) groups excluding carboxylic acids is 1. The molecule has 4 heteroatoms. The zero-order valence-corrected chi connectivity index (χ0v) is 11.7. The molecular formula is C14H23N3O. The van der Waals surface area contributed by atoms with E-state index in [0.29, 0.717) is 5.56 Å². The van der Waals surface area contributed by atoms with Gasteiger partial charge in [-0.25, -0.2) is 0 Å². The van der Waals surface area contributed by atoms with Gasteiger partial charge in [0.15, 0.2) is 0 Å². The van der Waals surface area contributed by atoms with Gasteiger partial charge in [-0.05, 0) is 25.3 Å². The second kappa shape index (κ2) is 6.38. The average molecular weight is 249 g/mol. The van der Waals surface area contributed by atoms with Gasteiger partial charge in [-0.3, -0.25) is 9.78 Å². The Labute approximate surface area is 109 Å². The first-order chi connectivity index (χ1) is 8.62. The maximum absolute atomic E-state index is 12.3. The summed E-state index contributed by atoms with van der Waals surface area (Å²) in [7, 11) is 1.80. The molecule has 0 aliphatic carbocycles. The smallest absolute Gasteiger partial charge is 0.255 e. The van der Waals surface area contributed by atoms with Crippen molar-refractivity contribution in [1.29, 1.82) is 0 Å². The first-order valence-electron chi connectivity index (χ1n) is 6.56. The summed E-state index contributed by atoms with van der Waals surface area (Å²) in [4.78, 5) is 16.3. The van der Waals surface area contributed by atoms with Crippen molar-refractivity contribution < 1.29 is 4.79 Å². The quantitative estimate of drug-likeness (QED) is 0.815. The van der Waals surface area contributed by atoms with Crippen LogP contribution in [-0.4, -0.2) is 23.5 Å². The van der Waals surface area contributed by atoms with Crippen molar-refractivity contribution in [2.45, 2.75) is 45.6 Å². The molecule has 0 bridgehead atoms. The van der Waals surface area contributed by atoms with E-state index in [0.717, 1.165) is 24.9 Å². The number of rotatable bonds is 6. The van der Waals surface area contributed by atoms with Crippen LogP contribution >= 0.6 is 0 Å². The Morgan fingerprint density at radius 3 is 2.39 bits per heavy atom. The van der Waals surface area contributed by atoms with Crippen LogP contribution in [0.25, 0.3) is 0 Å². The molecule has 1 heterocycles. The van der Waals surface area contributed by atoms with Crippen LogP contribution in [0.2, 0.25) is 0 Å². The van der Waals surface area contributed by atoms with E-state index >= 15 is 0 Å². The molecule has 0 aliphatic rings. The van der Waals surface area contributed by atoms with Crippen LogP contribution in [0, 0.1) is 0 Å². The second-order valence-electron chi connectivity index (χ2n) is 4.47. The van der Waals surface area contributed by atoms with Crippen LogP contribution in [0.5, 0.6) is 0 Å². The number of pyridine rings is 1. The fraction of sp³-hybridized carbons (Fsp3) is 0.571. The summed E-state index contributed by atoms with van der Waals surface area (Å²) < 4.78 is 0. The van der Waals surface area contributed by atoms with Gasteiger partial charge in [0, 0.05) is 30.7 Å². The molecule has 0 aromatic carbocycles. The summed E-state index contributed by atoms with van der Waals surface area (Å²) in [5, 5.41) is 6.17. The fourth-order valence-corrected chi connectivity index (χ4v) is 2.12. The summed E-state index contributed by atoms with van der Waals surface area (Å²) in [6.07, 6.45) is 6.07. The van der Waals surface area contributed by atoms with Crippen molar-refractivity contribution in [1.82, 2.24) is 10.3 Å². The molecule has 2 N–H and O–H groups in total. The van der Waals surface area contributed by atoms with Crippen molar-refractivity contribution in [3.8, 4) is 0 Å². The molecule has 0 spiro atoms. The molecule has 0 saturated carbocycles. The summed E-state index contributed by atoms with van der Waals surface area (Å²) >= 11 is 0. The number of nitrogens with one attached hydrogen (secondary N) is 2. The van der Waals surface area contributed by atoms with Crippen LogP contribution in [0.4, 0.5) is 5.69 Å². The van der Waals surface area contributed by atoms with Gasteiger partial charge in [-0.2, -0.15) is 0 Å². The van der Waals surface area contributed by atoms with E-state index in [1.807, 2.05) is 0 Å². The van der Waals surface area contributed by atoms with E-state index in [-0.39, 0.29) is 11.4 Å². The molecule has 0 radical (unpaired) electrons. The van der Waals surface area contributed by atoms with Gasteiger partial charge in [-0.1, -0.05) is 20.8 Å². The molecule has 18 heavy (non-hydrogen) atoms. The maximum atomic E-state index is 12.3. The Morgan fingerprint density at radius 1 is 1.28 bits per heavy atom. The topological polar surface area (TPSA) is 54.0 Å². The Balaban J connectivity index is 2.94. The summed E-state index contributed by atoms with van der Waals surface area (Å²) in [6.45, 7) is 6.32. The lowest BCUT2D eigenvalue weighted by Gasteiger charge is -2.32. The predicted molar refractivity (Wildman–Crippen MR) is 74.9 cm³/mol. The number of anilines is 1. The molecule has 0 saturated heterocycles. The molecule has 0 fully saturated rings. The van der Waals surface area contributed by atoms with Gasteiger partial charge < -0.3 is 10.6 Å². The van der Waals surface area contributed by atoms with Crippen molar-refractivity contribution in [3.63, 3.8) is 0 Å². The predicted octanol–water partition coefficient (Wildman–Crippen LogP) is 2.82. The Bertz CT molecular complexity index is 392. The van der Waals surface area contributed by atoms with Crippen molar-refractivity contribution in [3.05, 3.63) is 24.0 Å². The highest BCUT2D eigenvalue weighted by molar-refractivity contribution is 5.99. The molecule has 0 atom stereocenters. The van der Waals surface area contributed by atoms with Crippen LogP contribution in [-0.2, 0) is 0 Å². The zero-order valence-electron chi connectivity index (χ0n) is 11.7. The summed E-state index contributed by atoms with van der Waals surface area (Å²) in [5.41, 5.74) is 1.29. The lowest BCUT2D eigenvalue weighted by Crippen LogP contribution is -2.47. The normalized spacial score (nSPS) is 11.1. The Hall–Kier alpha value is -1.58. The lowest BCUT2D eigenvalue weighted by atomic mass is 9.89. The van der Waals surface area contributed by atoms with E-state index in [1.54, 1.807) is 25.5 Å². The largest absolute Gasteiger partial charge is 0.387 e. The summed E-state index contributed by atoms with van der Waals surface area (Å²) in [5.74, 6) is -0.0574. The molecule has 100 valence electrons. The van der Waals surface area contributed by atoms with Crippen LogP contribution in [0.1, 0.15) is 50.4 Å². The van der Waals surface area contributed by atoms with Gasteiger partial charge in [0.25, 0.3) is 5.91 Å². The minimum absolute atomic E-state index is 0.0574. The Kier molecular flexibility index (Phi) is 5.13. The minimum Gasteiger partial charge on any atom is -0.387 e. The number of carbonyl (C=O) groups is 1. The number of hydrogen-bond donors (Lipinski definition) is 2. The SMILES string of the molecule is CCC(CC)(CC)NC(=O)c1cnccc1NC. The lowest BCUT2D eigenvalue weighted by molar-refractivity contribution is 0.0888. The van der Waals surface area contributed by atoms with Gasteiger partial charge >= 0.3 is 0 Å². The first-order valence-corrected chi connectivity index (χ1v) is 6.56. The number of hydrogen-bond acceptors (Lipinski definition) is 3. The minimum atomic E-state index is -0.113. The second-order valence-corrected chi connectivity index (χ2v) is 4.47. The van der Waals surface area contributed by atoms with Crippen LogP contribution < -0.4 is 10.6 Å². The molecule has 0 unspecified atom stereocenters. The van der Waals surface area contributed by atoms with E-state index in [2.05, 4.69) is 36.4 Å². The van der Waals surface area contributed by atoms with E-state index in [4.69, 9.17) is 0 Å². The fourth-order valence-electron chi connectivity index (χ4n) is 2.12. The van der Waals surface area contributed by atoms with Gasteiger partial charge in [0.1, 0.15) is 0 Å². The molecule has 1 rings (SSSR count). The average Bonchev–Trinajstić information content (AvgIpc) is 2.44. The molecule has 1 aromatic heterocycles. The zero-order chi connectivity index (χ0) is 13.6. The first kappa shape index (κ1) is 14.5. The summed E-state index contributed by atoms with van der Waals surface area (Å²) in [6, 6.07) is 1.81. The van der Waals surface area contributed by atoms with Gasteiger partial charge in [0.2, 0.25) is 0 Å². The molecular weight excluding hydrogens is 226 g/mol. The third-order valence-electron chi connectivity index (χ3n) is 3.74. The van der Waals surface area contributed by atoms with E-state index in [9.17, 15) is 4.79 Å².